The zero-order valence-corrected chi connectivity index (χ0v) is 12.4. The molecule has 0 unspecified atom stereocenters. The van der Waals surface area contributed by atoms with E-state index in [-0.39, 0.29) is 5.78 Å². The highest BCUT2D eigenvalue weighted by atomic mass is 16.5. The van der Waals surface area contributed by atoms with Crippen LogP contribution < -0.4 is 4.74 Å². The number of unbranched alkanes of at least 4 members (excludes halogenated alkanes) is 2. The van der Waals surface area contributed by atoms with E-state index in [4.69, 9.17) is 4.74 Å². The van der Waals surface area contributed by atoms with Gasteiger partial charge in [0, 0.05) is 23.7 Å². The van der Waals surface area contributed by atoms with Gasteiger partial charge in [0.15, 0.2) is 5.78 Å². The quantitative estimate of drug-likeness (QED) is 0.558. The topological polar surface area (TPSA) is 42.1 Å². The Labute approximate surface area is 120 Å². The van der Waals surface area contributed by atoms with E-state index in [1.54, 1.807) is 0 Å². The van der Waals surface area contributed by atoms with Crippen molar-refractivity contribution in [3.63, 3.8) is 0 Å². The van der Waals surface area contributed by atoms with Crippen molar-refractivity contribution in [3.8, 4) is 5.75 Å². The van der Waals surface area contributed by atoms with Crippen molar-refractivity contribution in [2.75, 3.05) is 6.61 Å². The highest BCUT2D eigenvalue weighted by Crippen LogP contribution is 2.30. The number of hydrogen-bond acceptors (Lipinski definition) is 2. The van der Waals surface area contributed by atoms with E-state index in [9.17, 15) is 4.79 Å². The Kier molecular flexibility index (Phi) is 5.22. The monoisotopic (exact) mass is 273 g/mol. The highest BCUT2D eigenvalue weighted by molar-refractivity contribution is 6.09. The number of H-pyrrole nitrogens is 1. The van der Waals surface area contributed by atoms with Crippen LogP contribution in [0.25, 0.3) is 10.9 Å². The number of Topliss-reactive ketones (excluding diaryl/α,β-unsaturated/α-hetero) is 1. The summed E-state index contributed by atoms with van der Waals surface area (Å²) in [6.45, 7) is 4.90. The van der Waals surface area contributed by atoms with Crippen molar-refractivity contribution in [2.45, 2.75) is 46.0 Å². The van der Waals surface area contributed by atoms with Gasteiger partial charge in [-0.05, 0) is 25.0 Å². The Hall–Kier alpha value is -1.77. The standard InChI is InChI=1S/C17H23NO2/c1-3-5-6-9-15(19)13-12-18-14-8-7-10-16(17(13)14)20-11-4-2/h7-8,10,12,18H,3-6,9,11H2,1-2H3. The molecule has 108 valence electrons. The minimum absolute atomic E-state index is 0.206. The molecule has 20 heavy (non-hydrogen) atoms. The fraction of sp³-hybridized carbons (Fsp3) is 0.471. The zero-order chi connectivity index (χ0) is 14.4. The van der Waals surface area contributed by atoms with Crippen LogP contribution in [0.1, 0.15) is 56.3 Å². The summed E-state index contributed by atoms with van der Waals surface area (Å²) in [5.41, 5.74) is 1.74. The van der Waals surface area contributed by atoms with E-state index >= 15 is 0 Å². The molecule has 1 heterocycles. The number of ether oxygens (including phenoxy) is 1. The van der Waals surface area contributed by atoms with Gasteiger partial charge < -0.3 is 9.72 Å². The summed E-state index contributed by atoms with van der Waals surface area (Å²) in [6, 6.07) is 5.88. The van der Waals surface area contributed by atoms with Crippen molar-refractivity contribution in [1.29, 1.82) is 0 Å². The Morgan fingerprint density at radius 1 is 1.20 bits per heavy atom. The smallest absolute Gasteiger partial charge is 0.165 e. The largest absolute Gasteiger partial charge is 0.493 e. The molecule has 0 spiro atoms. The van der Waals surface area contributed by atoms with Gasteiger partial charge in [0.05, 0.1) is 12.0 Å². The number of carbonyl (C=O) groups is 1. The van der Waals surface area contributed by atoms with Gasteiger partial charge in [-0.1, -0.05) is 32.8 Å². The number of carbonyl (C=O) groups excluding carboxylic acids is 1. The van der Waals surface area contributed by atoms with E-state index in [2.05, 4.69) is 18.8 Å². The Morgan fingerprint density at radius 2 is 2.05 bits per heavy atom. The number of nitrogens with one attached hydrogen (secondary N) is 1. The van der Waals surface area contributed by atoms with Crippen LogP contribution in [0.5, 0.6) is 5.75 Å². The lowest BCUT2D eigenvalue weighted by Gasteiger charge is -2.07. The summed E-state index contributed by atoms with van der Waals surface area (Å²) >= 11 is 0. The van der Waals surface area contributed by atoms with Crippen molar-refractivity contribution in [1.82, 2.24) is 4.98 Å². The maximum Gasteiger partial charge on any atom is 0.165 e. The van der Waals surface area contributed by atoms with E-state index in [1.807, 2.05) is 24.4 Å². The van der Waals surface area contributed by atoms with Crippen LogP contribution in [0.2, 0.25) is 0 Å². The molecule has 0 saturated carbocycles. The van der Waals surface area contributed by atoms with E-state index in [1.165, 1.54) is 0 Å². The fourth-order valence-corrected chi connectivity index (χ4v) is 2.37. The predicted molar refractivity (Wildman–Crippen MR) is 82.6 cm³/mol. The number of ketones is 1. The fourth-order valence-electron chi connectivity index (χ4n) is 2.37. The SMILES string of the molecule is CCCCCC(=O)c1c[nH]c2cccc(OCCC)c12. The van der Waals surface area contributed by atoms with E-state index < -0.39 is 0 Å². The normalized spacial score (nSPS) is 10.9. The van der Waals surface area contributed by atoms with Crippen molar-refractivity contribution < 1.29 is 9.53 Å². The van der Waals surface area contributed by atoms with Crippen LogP contribution in [0.4, 0.5) is 0 Å². The lowest BCUT2D eigenvalue weighted by molar-refractivity contribution is 0.0980. The summed E-state index contributed by atoms with van der Waals surface area (Å²) in [5, 5.41) is 0.933. The molecule has 2 aromatic rings. The second kappa shape index (κ2) is 7.13. The van der Waals surface area contributed by atoms with Gasteiger partial charge in [-0.2, -0.15) is 0 Å². The summed E-state index contributed by atoms with van der Waals surface area (Å²) in [4.78, 5) is 15.5. The van der Waals surface area contributed by atoms with Crippen LogP contribution >= 0.6 is 0 Å². The maximum absolute atomic E-state index is 12.3. The number of aromatic nitrogens is 1. The van der Waals surface area contributed by atoms with Gasteiger partial charge in [0.2, 0.25) is 0 Å². The molecule has 2 rings (SSSR count). The van der Waals surface area contributed by atoms with E-state index in [0.717, 1.165) is 47.9 Å². The second-order valence-corrected chi connectivity index (χ2v) is 5.11. The molecule has 0 aliphatic heterocycles. The molecule has 0 aliphatic carbocycles. The molecule has 0 radical (unpaired) electrons. The van der Waals surface area contributed by atoms with Crippen molar-refractivity contribution in [3.05, 3.63) is 30.0 Å². The second-order valence-electron chi connectivity index (χ2n) is 5.11. The summed E-state index contributed by atoms with van der Waals surface area (Å²) in [7, 11) is 0. The Morgan fingerprint density at radius 3 is 2.80 bits per heavy atom. The van der Waals surface area contributed by atoms with Crippen LogP contribution in [0.3, 0.4) is 0 Å². The number of fused-ring (bicyclic) bond motifs is 1. The lowest BCUT2D eigenvalue weighted by atomic mass is 10.0. The highest BCUT2D eigenvalue weighted by Gasteiger charge is 2.15. The first-order valence-electron chi connectivity index (χ1n) is 7.54. The average molecular weight is 273 g/mol. The third-order valence-electron chi connectivity index (χ3n) is 3.44. The molecule has 0 atom stereocenters. The molecular formula is C17H23NO2. The van der Waals surface area contributed by atoms with E-state index in [0.29, 0.717) is 13.0 Å². The summed E-state index contributed by atoms with van der Waals surface area (Å²) in [5.74, 6) is 1.02. The molecule has 0 bridgehead atoms. The molecule has 3 nitrogen and oxygen atoms in total. The van der Waals surface area contributed by atoms with Crippen molar-refractivity contribution >= 4 is 16.7 Å². The molecule has 0 fully saturated rings. The maximum atomic E-state index is 12.3. The first kappa shape index (κ1) is 14.6. The minimum atomic E-state index is 0.206. The third-order valence-corrected chi connectivity index (χ3v) is 3.44. The molecule has 0 aliphatic rings. The number of benzene rings is 1. The van der Waals surface area contributed by atoms with Crippen LogP contribution in [0.15, 0.2) is 24.4 Å². The first-order valence-corrected chi connectivity index (χ1v) is 7.54. The van der Waals surface area contributed by atoms with Gasteiger partial charge in [0.25, 0.3) is 0 Å². The molecule has 1 aromatic heterocycles. The summed E-state index contributed by atoms with van der Waals surface area (Å²) in [6.07, 6.45) is 6.58. The molecule has 0 saturated heterocycles. The molecular weight excluding hydrogens is 250 g/mol. The van der Waals surface area contributed by atoms with Crippen molar-refractivity contribution in [2.24, 2.45) is 0 Å². The molecule has 1 aromatic carbocycles. The van der Waals surface area contributed by atoms with Gasteiger partial charge in [-0.25, -0.2) is 0 Å². The van der Waals surface area contributed by atoms with Crippen LogP contribution in [-0.4, -0.2) is 17.4 Å². The lowest BCUT2D eigenvalue weighted by Crippen LogP contribution is -2.00. The number of aromatic amines is 1. The van der Waals surface area contributed by atoms with Crippen LogP contribution in [0, 0.1) is 0 Å². The number of rotatable bonds is 8. The third kappa shape index (κ3) is 3.21. The molecule has 3 heteroatoms. The van der Waals surface area contributed by atoms with Gasteiger partial charge in [0.1, 0.15) is 5.75 Å². The van der Waals surface area contributed by atoms with Gasteiger partial charge >= 0.3 is 0 Å². The minimum Gasteiger partial charge on any atom is -0.493 e. The zero-order valence-electron chi connectivity index (χ0n) is 12.4. The van der Waals surface area contributed by atoms with Gasteiger partial charge in [-0.3, -0.25) is 4.79 Å². The predicted octanol–water partition coefficient (Wildman–Crippen LogP) is 4.72. The Bertz CT molecular complexity index is 571. The summed E-state index contributed by atoms with van der Waals surface area (Å²) < 4.78 is 5.77. The number of hydrogen-bond donors (Lipinski definition) is 1. The van der Waals surface area contributed by atoms with Crippen LogP contribution in [-0.2, 0) is 0 Å². The molecule has 0 amide bonds. The molecule has 1 N–H and O–H groups in total. The average Bonchev–Trinajstić information content (AvgIpc) is 2.90. The Balaban J connectivity index is 2.26. The first-order chi connectivity index (χ1) is 9.77. The van der Waals surface area contributed by atoms with Gasteiger partial charge in [-0.15, -0.1) is 0 Å².